The fourth-order valence-corrected chi connectivity index (χ4v) is 4.04. The van der Waals surface area contributed by atoms with E-state index in [0.29, 0.717) is 0 Å². The maximum atomic E-state index is 3.69. The minimum absolute atomic E-state index is 0.762. The Morgan fingerprint density at radius 3 is 2.85 bits per heavy atom. The van der Waals surface area contributed by atoms with E-state index in [2.05, 4.69) is 41.4 Å². The smallest absolute Gasteiger partial charge is 0.0236 e. The van der Waals surface area contributed by atoms with Crippen molar-refractivity contribution in [2.45, 2.75) is 51.6 Å². The molecule has 2 heteroatoms. The summed E-state index contributed by atoms with van der Waals surface area (Å²) in [6.07, 6.45) is 6.77. The van der Waals surface area contributed by atoms with Crippen molar-refractivity contribution >= 4 is 0 Å². The molecule has 1 saturated carbocycles. The highest BCUT2D eigenvalue weighted by molar-refractivity contribution is 5.28. The first kappa shape index (κ1) is 14.1. The number of rotatable bonds is 4. The highest BCUT2D eigenvalue weighted by atomic mass is 15.1. The maximum Gasteiger partial charge on any atom is 0.0236 e. The van der Waals surface area contributed by atoms with E-state index in [1.54, 1.807) is 11.1 Å². The van der Waals surface area contributed by atoms with Gasteiger partial charge in [0, 0.05) is 19.1 Å². The number of nitrogens with zero attached hydrogens (tertiary/aromatic N) is 1. The van der Waals surface area contributed by atoms with Crippen LogP contribution in [0, 0.1) is 5.92 Å². The van der Waals surface area contributed by atoms with Crippen LogP contribution in [0.25, 0.3) is 0 Å². The summed E-state index contributed by atoms with van der Waals surface area (Å²) in [6, 6.07) is 9.78. The summed E-state index contributed by atoms with van der Waals surface area (Å²) in [7, 11) is 0. The Morgan fingerprint density at radius 1 is 1.15 bits per heavy atom. The lowest BCUT2D eigenvalue weighted by molar-refractivity contribution is 0.209. The van der Waals surface area contributed by atoms with Crippen molar-refractivity contribution in [2.75, 3.05) is 19.6 Å². The second kappa shape index (κ2) is 6.73. The minimum Gasteiger partial charge on any atom is -0.314 e. The van der Waals surface area contributed by atoms with E-state index in [0.717, 1.165) is 25.0 Å². The molecular formula is C18H28N2. The van der Waals surface area contributed by atoms with Crippen LogP contribution < -0.4 is 5.32 Å². The van der Waals surface area contributed by atoms with E-state index in [1.807, 2.05) is 0 Å². The summed E-state index contributed by atoms with van der Waals surface area (Å²) < 4.78 is 0. The largest absolute Gasteiger partial charge is 0.314 e. The Hall–Kier alpha value is -0.860. The molecule has 2 nitrogen and oxygen atoms in total. The zero-order valence-electron chi connectivity index (χ0n) is 12.8. The Kier molecular flexibility index (Phi) is 4.74. The molecule has 2 atom stereocenters. The second-order valence-corrected chi connectivity index (χ2v) is 6.46. The van der Waals surface area contributed by atoms with Gasteiger partial charge in [-0.2, -0.15) is 0 Å². The molecule has 1 aromatic rings. The molecule has 1 heterocycles. The Morgan fingerprint density at radius 2 is 2.00 bits per heavy atom. The van der Waals surface area contributed by atoms with Crippen LogP contribution in [0.2, 0.25) is 0 Å². The summed E-state index contributed by atoms with van der Waals surface area (Å²) in [6.45, 7) is 7.06. The van der Waals surface area contributed by atoms with Gasteiger partial charge >= 0.3 is 0 Å². The summed E-state index contributed by atoms with van der Waals surface area (Å²) >= 11 is 0. The molecule has 0 bridgehead atoms. The standard InChI is InChI=1S/C18H28N2/c1-2-19-18-11-5-9-17(18)14-20-12-6-10-15-7-3-4-8-16(15)13-20/h3-4,7-8,17-19H,2,5-6,9-14H2,1H3. The highest BCUT2D eigenvalue weighted by Crippen LogP contribution is 2.28. The molecule has 2 unspecified atom stereocenters. The number of hydrogen-bond donors (Lipinski definition) is 1. The van der Waals surface area contributed by atoms with Gasteiger partial charge in [-0.15, -0.1) is 0 Å². The molecule has 1 aliphatic heterocycles. The van der Waals surface area contributed by atoms with Crippen LogP contribution in [0.3, 0.4) is 0 Å². The lowest BCUT2D eigenvalue weighted by Crippen LogP contribution is -2.39. The van der Waals surface area contributed by atoms with Crippen molar-refractivity contribution in [3.05, 3.63) is 35.4 Å². The topological polar surface area (TPSA) is 15.3 Å². The van der Waals surface area contributed by atoms with Crippen LogP contribution >= 0.6 is 0 Å². The van der Waals surface area contributed by atoms with Crippen LogP contribution in [-0.2, 0) is 13.0 Å². The van der Waals surface area contributed by atoms with Gasteiger partial charge < -0.3 is 5.32 Å². The third kappa shape index (κ3) is 3.24. The van der Waals surface area contributed by atoms with Crippen molar-refractivity contribution in [1.29, 1.82) is 0 Å². The van der Waals surface area contributed by atoms with Crippen molar-refractivity contribution < 1.29 is 0 Å². The van der Waals surface area contributed by atoms with Crippen molar-refractivity contribution in [3.8, 4) is 0 Å². The fraction of sp³-hybridized carbons (Fsp3) is 0.667. The molecule has 1 aliphatic carbocycles. The van der Waals surface area contributed by atoms with E-state index < -0.39 is 0 Å². The molecular weight excluding hydrogens is 244 g/mol. The SMILES string of the molecule is CCNC1CCCC1CN1CCCc2ccccc2C1. The molecule has 1 fully saturated rings. The molecule has 110 valence electrons. The first-order valence-electron chi connectivity index (χ1n) is 8.39. The number of fused-ring (bicyclic) bond motifs is 1. The van der Waals surface area contributed by atoms with Crippen molar-refractivity contribution in [3.63, 3.8) is 0 Å². The van der Waals surface area contributed by atoms with E-state index in [4.69, 9.17) is 0 Å². The third-order valence-corrected chi connectivity index (χ3v) is 5.05. The molecule has 0 saturated heterocycles. The first-order valence-corrected chi connectivity index (χ1v) is 8.39. The van der Waals surface area contributed by atoms with Gasteiger partial charge in [-0.05, 0) is 55.8 Å². The Labute approximate surface area is 123 Å². The fourth-order valence-electron chi connectivity index (χ4n) is 4.04. The van der Waals surface area contributed by atoms with Crippen molar-refractivity contribution in [2.24, 2.45) is 5.92 Å². The normalized spacial score (nSPS) is 27.2. The summed E-state index contributed by atoms with van der Waals surface area (Å²) in [5.74, 6) is 0.861. The molecule has 1 N–H and O–H groups in total. The maximum absolute atomic E-state index is 3.69. The zero-order valence-corrected chi connectivity index (χ0v) is 12.8. The summed E-state index contributed by atoms with van der Waals surface area (Å²) in [5.41, 5.74) is 3.13. The average molecular weight is 272 g/mol. The Balaban J connectivity index is 1.63. The molecule has 0 radical (unpaired) electrons. The average Bonchev–Trinajstić information content (AvgIpc) is 2.78. The van der Waals surface area contributed by atoms with Crippen LogP contribution in [0.5, 0.6) is 0 Å². The van der Waals surface area contributed by atoms with E-state index in [-0.39, 0.29) is 0 Å². The number of nitrogens with one attached hydrogen (secondary N) is 1. The quantitative estimate of drug-likeness (QED) is 0.905. The third-order valence-electron chi connectivity index (χ3n) is 5.05. The van der Waals surface area contributed by atoms with Gasteiger partial charge in [0.15, 0.2) is 0 Å². The summed E-state index contributed by atoms with van der Waals surface area (Å²) in [4.78, 5) is 2.70. The summed E-state index contributed by atoms with van der Waals surface area (Å²) in [5, 5.41) is 3.69. The zero-order chi connectivity index (χ0) is 13.8. The lowest BCUT2D eigenvalue weighted by atomic mass is 10.0. The first-order chi connectivity index (χ1) is 9.86. The number of aryl methyl sites for hydroxylation is 1. The minimum atomic E-state index is 0.762. The van der Waals surface area contributed by atoms with Crippen LogP contribution in [0.4, 0.5) is 0 Å². The van der Waals surface area contributed by atoms with Gasteiger partial charge in [0.25, 0.3) is 0 Å². The number of hydrogen-bond acceptors (Lipinski definition) is 2. The highest BCUT2D eigenvalue weighted by Gasteiger charge is 2.28. The van der Waals surface area contributed by atoms with Gasteiger partial charge in [-0.1, -0.05) is 37.6 Å². The molecule has 3 rings (SSSR count). The molecule has 2 aliphatic rings. The van der Waals surface area contributed by atoms with Gasteiger partial charge in [-0.3, -0.25) is 4.90 Å². The van der Waals surface area contributed by atoms with Crippen LogP contribution in [0.15, 0.2) is 24.3 Å². The van der Waals surface area contributed by atoms with E-state index in [9.17, 15) is 0 Å². The van der Waals surface area contributed by atoms with Gasteiger partial charge in [-0.25, -0.2) is 0 Å². The predicted molar refractivity (Wildman–Crippen MR) is 84.8 cm³/mol. The molecule has 0 aromatic heterocycles. The Bertz CT molecular complexity index is 429. The van der Waals surface area contributed by atoms with Gasteiger partial charge in [0.1, 0.15) is 0 Å². The predicted octanol–water partition coefficient (Wildman–Crippen LogP) is 3.21. The number of benzene rings is 1. The molecule has 1 aromatic carbocycles. The van der Waals surface area contributed by atoms with E-state index >= 15 is 0 Å². The molecule has 0 amide bonds. The van der Waals surface area contributed by atoms with Gasteiger partial charge in [0.2, 0.25) is 0 Å². The van der Waals surface area contributed by atoms with Gasteiger partial charge in [0.05, 0.1) is 0 Å². The van der Waals surface area contributed by atoms with Crippen LogP contribution in [-0.4, -0.2) is 30.6 Å². The molecule has 20 heavy (non-hydrogen) atoms. The molecule has 0 spiro atoms. The lowest BCUT2D eigenvalue weighted by Gasteiger charge is -2.28. The van der Waals surface area contributed by atoms with Crippen molar-refractivity contribution in [1.82, 2.24) is 10.2 Å². The monoisotopic (exact) mass is 272 g/mol. The second-order valence-electron chi connectivity index (χ2n) is 6.46. The van der Waals surface area contributed by atoms with Crippen LogP contribution in [0.1, 0.15) is 43.7 Å². The van der Waals surface area contributed by atoms with E-state index in [1.165, 1.54) is 45.2 Å².